The molecular formula is C16H25ClNO2-. The Morgan fingerprint density at radius 1 is 1.05 bits per heavy atom. The Kier molecular flexibility index (Phi) is 7.78. The van der Waals surface area contributed by atoms with E-state index in [0.29, 0.717) is 0 Å². The van der Waals surface area contributed by atoms with Crippen LogP contribution in [0.4, 0.5) is 0 Å². The Bertz CT molecular complexity index is 392. The average molecular weight is 299 g/mol. The van der Waals surface area contributed by atoms with Gasteiger partial charge in [-0.2, -0.15) is 0 Å². The van der Waals surface area contributed by atoms with Gasteiger partial charge in [-0.15, -0.1) is 0 Å². The van der Waals surface area contributed by atoms with Gasteiger partial charge in [0, 0.05) is 6.04 Å². The van der Waals surface area contributed by atoms with Gasteiger partial charge in [-0.1, -0.05) is 25.3 Å². The second-order valence-electron chi connectivity index (χ2n) is 5.23. The molecule has 0 unspecified atom stereocenters. The SMILES string of the molecule is COc1ccc(CCNC2CCCCC2)cc1OC.[Cl-]. The van der Waals surface area contributed by atoms with Crippen LogP contribution in [0.5, 0.6) is 11.5 Å². The van der Waals surface area contributed by atoms with Crippen molar-refractivity contribution < 1.29 is 21.9 Å². The fraction of sp³-hybridized carbons (Fsp3) is 0.625. The molecule has 0 aromatic heterocycles. The minimum atomic E-state index is 0. The third-order valence-corrected chi connectivity index (χ3v) is 3.90. The van der Waals surface area contributed by atoms with Crippen LogP contribution in [0.3, 0.4) is 0 Å². The van der Waals surface area contributed by atoms with Crippen molar-refractivity contribution in [2.45, 2.75) is 44.6 Å². The number of hydrogen-bond donors (Lipinski definition) is 1. The van der Waals surface area contributed by atoms with Crippen molar-refractivity contribution in [3.8, 4) is 11.5 Å². The quantitative estimate of drug-likeness (QED) is 0.812. The van der Waals surface area contributed by atoms with Crippen molar-refractivity contribution >= 4 is 0 Å². The molecule has 2 rings (SSSR count). The summed E-state index contributed by atoms with van der Waals surface area (Å²) in [5.74, 6) is 1.61. The molecule has 0 amide bonds. The average Bonchev–Trinajstić information content (AvgIpc) is 2.48. The van der Waals surface area contributed by atoms with E-state index in [1.165, 1.54) is 37.7 Å². The first-order chi connectivity index (χ1) is 9.33. The van der Waals surface area contributed by atoms with Gasteiger partial charge < -0.3 is 27.2 Å². The molecule has 1 aromatic carbocycles. The summed E-state index contributed by atoms with van der Waals surface area (Å²) < 4.78 is 10.6. The summed E-state index contributed by atoms with van der Waals surface area (Å²) >= 11 is 0. The number of ether oxygens (including phenoxy) is 2. The molecule has 1 aromatic rings. The van der Waals surface area contributed by atoms with Gasteiger partial charge in [0.2, 0.25) is 0 Å². The van der Waals surface area contributed by atoms with E-state index >= 15 is 0 Å². The molecule has 4 heteroatoms. The molecule has 1 saturated carbocycles. The van der Waals surface area contributed by atoms with Gasteiger partial charge in [0.1, 0.15) is 0 Å². The van der Waals surface area contributed by atoms with E-state index < -0.39 is 0 Å². The zero-order valence-electron chi connectivity index (χ0n) is 12.5. The smallest absolute Gasteiger partial charge is 0.160 e. The van der Waals surface area contributed by atoms with Gasteiger partial charge in [0.05, 0.1) is 14.2 Å². The fourth-order valence-corrected chi connectivity index (χ4v) is 2.76. The van der Waals surface area contributed by atoms with Crippen molar-refractivity contribution in [2.75, 3.05) is 20.8 Å². The summed E-state index contributed by atoms with van der Waals surface area (Å²) in [5.41, 5.74) is 1.29. The molecule has 0 heterocycles. The van der Waals surface area contributed by atoms with Crippen LogP contribution in [0.15, 0.2) is 18.2 Å². The third-order valence-electron chi connectivity index (χ3n) is 3.90. The van der Waals surface area contributed by atoms with Crippen LogP contribution in [-0.4, -0.2) is 26.8 Å². The Labute approximate surface area is 128 Å². The molecule has 0 atom stereocenters. The molecule has 20 heavy (non-hydrogen) atoms. The lowest BCUT2D eigenvalue weighted by molar-refractivity contribution is -0.00000463. The van der Waals surface area contributed by atoms with Crippen molar-refractivity contribution in [3.63, 3.8) is 0 Å². The Balaban J connectivity index is 0.00000200. The molecule has 3 nitrogen and oxygen atoms in total. The second kappa shape index (κ2) is 9.09. The zero-order valence-corrected chi connectivity index (χ0v) is 13.2. The molecular weight excluding hydrogens is 274 g/mol. The molecule has 114 valence electrons. The summed E-state index contributed by atoms with van der Waals surface area (Å²) in [6, 6.07) is 6.90. The zero-order chi connectivity index (χ0) is 13.5. The van der Waals surface area contributed by atoms with E-state index in [0.717, 1.165) is 30.5 Å². The molecule has 0 bridgehead atoms. The highest BCUT2D eigenvalue weighted by Gasteiger charge is 2.12. The predicted octanol–water partition coefficient (Wildman–Crippen LogP) is 0.173. The molecule has 0 spiro atoms. The third kappa shape index (κ3) is 4.88. The maximum atomic E-state index is 5.33. The number of nitrogens with one attached hydrogen (secondary N) is 1. The van der Waals surface area contributed by atoms with Crippen LogP contribution in [-0.2, 0) is 6.42 Å². The molecule has 0 radical (unpaired) electrons. The van der Waals surface area contributed by atoms with Gasteiger partial charge in [0.25, 0.3) is 0 Å². The van der Waals surface area contributed by atoms with Crippen LogP contribution >= 0.6 is 0 Å². The Hall–Kier alpha value is -0.930. The lowest BCUT2D eigenvalue weighted by Gasteiger charge is -2.22. The van der Waals surface area contributed by atoms with E-state index in [1.54, 1.807) is 14.2 Å². The van der Waals surface area contributed by atoms with Gasteiger partial charge in [0.15, 0.2) is 11.5 Å². The van der Waals surface area contributed by atoms with Gasteiger partial charge in [-0.25, -0.2) is 0 Å². The summed E-state index contributed by atoms with van der Waals surface area (Å²) in [4.78, 5) is 0. The van der Waals surface area contributed by atoms with Crippen molar-refractivity contribution in [2.24, 2.45) is 0 Å². The first kappa shape index (κ1) is 17.1. The summed E-state index contributed by atoms with van der Waals surface area (Å²) in [5, 5.41) is 3.66. The number of methoxy groups -OCH3 is 2. The van der Waals surface area contributed by atoms with Gasteiger partial charge in [-0.05, 0) is 43.5 Å². The highest BCUT2D eigenvalue weighted by molar-refractivity contribution is 5.42. The van der Waals surface area contributed by atoms with Crippen molar-refractivity contribution in [3.05, 3.63) is 23.8 Å². The lowest BCUT2D eigenvalue weighted by atomic mass is 9.95. The van der Waals surface area contributed by atoms with E-state index in [-0.39, 0.29) is 12.4 Å². The number of halogens is 1. The van der Waals surface area contributed by atoms with Gasteiger partial charge in [-0.3, -0.25) is 0 Å². The highest BCUT2D eigenvalue weighted by Crippen LogP contribution is 2.27. The molecule has 1 aliphatic carbocycles. The summed E-state index contributed by atoms with van der Waals surface area (Å²) in [7, 11) is 3.35. The molecule has 0 aliphatic heterocycles. The molecule has 1 N–H and O–H groups in total. The standard InChI is InChI=1S/C16H25NO2.ClH/c1-18-15-9-8-13(12-16(15)19-2)10-11-17-14-6-4-3-5-7-14;/h8-9,12,14,17H,3-7,10-11H2,1-2H3;1H/p-1. The van der Waals surface area contributed by atoms with Crippen LogP contribution in [0.1, 0.15) is 37.7 Å². The normalized spacial score (nSPS) is 15.5. The van der Waals surface area contributed by atoms with Crippen molar-refractivity contribution in [1.29, 1.82) is 0 Å². The Morgan fingerprint density at radius 3 is 2.40 bits per heavy atom. The van der Waals surface area contributed by atoms with Crippen LogP contribution in [0, 0.1) is 0 Å². The number of benzene rings is 1. The van der Waals surface area contributed by atoms with E-state index in [4.69, 9.17) is 9.47 Å². The monoisotopic (exact) mass is 298 g/mol. The van der Waals surface area contributed by atoms with Crippen LogP contribution < -0.4 is 27.2 Å². The van der Waals surface area contributed by atoms with E-state index in [1.807, 2.05) is 6.07 Å². The highest BCUT2D eigenvalue weighted by atomic mass is 35.5. The van der Waals surface area contributed by atoms with Crippen molar-refractivity contribution in [1.82, 2.24) is 5.32 Å². The van der Waals surface area contributed by atoms with Crippen LogP contribution in [0.2, 0.25) is 0 Å². The predicted molar refractivity (Wildman–Crippen MR) is 78.1 cm³/mol. The summed E-state index contributed by atoms with van der Waals surface area (Å²) in [6.07, 6.45) is 7.89. The maximum Gasteiger partial charge on any atom is 0.160 e. The van der Waals surface area contributed by atoms with Crippen LogP contribution in [0.25, 0.3) is 0 Å². The number of rotatable bonds is 6. The first-order valence-electron chi connectivity index (χ1n) is 7.28. The van der Waals surface area contributed by atoms with E-state index in [9.17, 15) is 0 Å². The topological polar surface area (TPSA) is 30.5 Å². The minimum Gasteiger partial charge on any atom is -1.00 e. The first-order valence-corrected chi connectivity index (χ1v) is 7.28. The lowest BCUT2D eigenvalue weighted by Crippen LogP contribution is -3.00. The molecule has 1 fully saturated rings. The molecule has 1 aliphatic rings. The second-order valence-corrected chi connectivity index (χ2v) is 5.23. The number of hydrogen-bond acceptors (Lipinski definition) is 3. The largest absolute Gasteiger partial charge is 1.00 e. The van der Waals surface area contributed by atoms with Gasteiger partial charge >= 0.3 is 0 Å². The Morgan fingerprint density at radius 2 is 1.75 bits per heavy atom. The minimum absolute atomic E-state index is 0. The maximum absolute atomic E-state index is 5.33. The molecule has 0 saturated heterocycles. The summed E-state index contributed by atoms with van der Waals surface area (Å²) in [6.45, 7) is 1.04. The van der Waals surface area contributed by atoms with E-state index in [2.05, 4.69) is 17.4 Å². The fourth-order valence-electron chi connectivity index (χ4n) is 2.76.